The van der Waals surface area contributed by atoms with Crippen molar-refractivity contribution in [1.82, 2.24) is 10.2 Å². The van der Waals surface area contributed by atoms with Gasteiger partial charge in [-0.2, -0.15) is 0 Å². The minimum Gasteiger partial charge on any atom is -0.370 e. The van der Waals surface area contributed by atoms with Gasteiger partial charge >= 0.3 is 0 Å². The van der Waals surface area contributed by atoms with Crippen LogP contribution in [-0.2, 0) is 22.7 Å². The number of halogens is 1. The summed E-state index contributed by atoms with van der Waals surface area (Å²) in [5, 5.41) is 7.35. The average molecular weight is 647 g/mol. The predicted molar refractivity (Wildman–Crippen MR) is 165 cm³/mol. The Bertz CT molecular complexity index is 1060. The molecule has 7 heteroatoms. The summed E-state index contributed by atoms with van der Waals surface area (Å²) in [6.07, 6.45) is 0.791. The minimum atomic E-state index is 0.314. The SMILES string of the molecule is CI.c1ccc(C(c2ccccc2)N2CC(OCc3cccs3)C2)cc1.c1csc(COC2CNC2)c1. The van der Waals surface area contributed by atoms with Gasteiger partial charge in [0.2, 0.25) is 0 Å². The molecule has 0 radical (unpaired) electrons. The lowest BCUT2D eigenvalue weighted by Crippen LogP contribution is -2.53. The van der Waals surface area contributed by atoms with Crippen molar-refractivity contribution in [3.8, 4) is 0 Å². The maximum atomic E-state index is 6.04. The third kappa shape index (κ3) is 8.71. The Hall–Kier alpha value is -1.59. The summed E-state index contributed by atoms with van der Waals surface area (Å²) in [5.74, 6) is 0. The van der Waals surface area contributed by atoms with Gasteiger partial charge < -0.3 is 14.8 Å². The largest absolute Gasteiger partial charge is 0.370 e. The molecule has 4 aromatic rings. The molecule has 0 aliphatic carbocycles. The van der Waals surface area contributed by atoms with Crippen molar-refractivity contribution in [2.75, 3.05) is 31.1 Å². The van der Waals surface area contributed by atoms with Gasteiger partial charge in [-0.25, -0.2) is 0 Å². The molecular formula is C30H35IN2O2S2. The topological polar surface area (TPSA) is 33.7 Å². The lowest BCUT2D eigenvalue weighted by Gasteiger charge is -2.44. The molecule has 2 saturated heterocycles. The quantitative estimate of drug-likeness (QED) is 0.157. The molecular weight excluding hydrogens is 611 g/mol. The maximum Gasteiger partial charge on any atom is 0.0834 e. The standard InChI is InChI=1S/C21H21NOS.C8H11NOS.CH3I/c1-3-8-17(9-4-1)21(18-10-5-2-6-11-18)22-14-19(15-22)23-16-20-12-7-13-24-20;1-2-8(11-3-1)6-10-7-4-9-5-7;1-2/h1-13,19,21H,14-16H2;1-3,7,9H,4-6H2;1H3. The normalized spacial score (nSPS) is 15.6. The highest BCUT2D eigenvalue weighted by molar-refractivity contribution is 14.1. The first-order valence-corrected chi connectivity index (χ1v) is 16.5. The molecule has 0 unspecified atom stereocenters. The van der Waals surface area contributed by atoms with Crippen molar-refractivity contribution in [2.24, 2.45) is 0 Å². The Morgan fingerprint density at radius 3 is 1.62 bits per heavy atom. The number of nitrogens with one attached hydrogen (secondary N) is 1. The monoisotopic (exact) mass is 646 g/mol. The van der Waals surface area contributed by atoms with Crippen LogP contribution in [0.15, 0.2) is 95.7 Å². The Morgan fingerprint density at radius 2 is 1.22 bits per heavy atom. The molecule has 1 N–H and O–H groups in total. The molecule has 0 saturated carbocycles. The van der Waals surface area contributed by atoms with E-state index in [4.69, 9.17) is 9.47 Å². The van der Waals surface area contributed by atoms with Crippen molar-refractivity contribution in [1.29, 1.82) is 0 Å². The van der Waals surface area contributed by atoms with Crippen molar-refractivity contribution in [3.05, 3.63) is 117 Å². The van der Waals surface area contributed by atoms with Crippen LogP contribution in [0.4, 0.5) is 0 Å². The minimum absolute atomic E-state index is 0.314. The van der Waals surface area contributed by atoms with E-state index in [2.05, 4.69) is 128 Å². The fraction of sp³-hybridized carbons (Fsp3) is 0.333. The van der Waals surface area contributed by atoms with Crippen LogP contribution in [0.3, 0.4) is 0 Å². The fourth-order valence-electron chi connectivity index (χ4n) is 4.24. The van der Waals surface area contributed by atoms with Crippen molar-refractivity contribution in [2.45, 2.75) is 31.5 Å². The Kier molecular flexibility index (Phi) is 12.1. The molecule has 4 nitrogen and oxygen atoms in total. The van der Waals surface area contributed by atoms with E-state index in [1.807, 2.05) is 4.93 Å². The van der Waals surface area contributed by atoms with E-state index < -0.39 is 0 Å². The van der Waals surface area contributed by atoms with Gasteiger partial charge in [-0.3, -0.25) is 4.90 Å². The molecule has 2 aliphatic rings. The molecule has 2 aromatic carbocycles. The first-order valence-electron chi connectivity index (χ1n) is 12.6. The molecule has 0 spiro atoms. The van der Waals surface area contributed by atoms with Crippen molar-refractivity contribution >= 4 is 45.3 Å². The summed E-state index contributed by atoms with van der Waals surface area (Å²) >= 11 is 5.67. The third-order valence-electron chi connectivity index (χ3n) is 6.30. The third-order valence-corrected chi connectivity index (χ3v) is 8.00. The van der Waals surface area contributed by atoms with Crippen LogP contribution in [0, 0.1) is 0 Å². The zero-order valence-electron chi connectivity index (χ0n) is 21.2. The first-order chi connectivity index (χ1) is 18.3. The number of benzene rings is 2. The zero-order chi connectivity index (χ0) is 25.7. The van der Waals surface area contributed by atoms with Gasteiger partial charge in [0, 0.05) is 35.9 Å². The number of thiophene rings is 2. The number of rotatable bonds is 9. The molecule has 0 amide bonds. The molecule has 2 aliphatic heterocycles. The smallest absolute Gasteiger partial charge is 0.0834 e. The first kappa shape index (κ1) is 28.4. The van der Waals surface area contributed by atoms with Gasteiger partial charge in [0.1, 0.15) is 0 Å². The van der Waals surface area contributed by atoms with E-state index in [0.717, 1.165) is 39.4 Å². The van der Waals surface area contributed by atoms with E-state index in [-0.39, 0.29) is 0 Å². The van der Waals surface area contributed by atoms with Crippen LogP contribution in [0.5, 0.6) is 0 Å². The molecule has 0 bridgehead atoms. The number of ether oxygens (including phenoxy) is 2. The average Bonchev–Trinajstić information content (AvgIpc) is 3.62. The van der Waals surface area contributed by atoms with Crippen LogP contribution in [0.1, 0.15) is 26.9 Å². The molecule has 2 aromatic heterocycles. The summed E-state index contributed by atoms with van der Waals surface area (Å²) in [7, 11) is 0. The summed E-state index contributed by atoms with van der Waals surface area (Å²) < 4.78 is 11.6. The van der Waals surface area contributed by atoms with E-state index in [0.29, 0.717) is 18.2 Å². The van der Waals surface area contributed by atoms with Crippen LogP contribution < -0.4 is 5.32 Å². The van der Waals surface area contributed by atoms with E-state index in [9.17, 15) is 0 Å². The van der Waals surface area contributed by atoms with Gasteiger partial charge in [-0.15, -0.1) is 22.7 Å². The van der Waals surface area contributed by atoms with E-state index >= 15 is 0 Å². The van der Waals surface area contributed by atoms with Crippen LogP contribution in [-0.4, -0.2) is 48.2 Å². The Labute approximate surface area is 242 Å². The lowest BCUT2D eigenvalue weighted by molar-refractivity contribution is -0.0733. The van der Waals surface area contributed by atoms with E-state index in [1.54, 1.807) is 22.7 Å². The molecule has 4 heterocycles. The molecule has 6 rings (SSSR count). The van der Waals surface area contributed by atoms with Gasteiger partial charge in [0.25, 0.3) is 0 Å². The van der Waals surface area contributed by atoms with Crippen LogP contribution in [0.2, 0.25) is 0 Å². The highest BCUT2D eigenvalue weighted by atomic mass is 127. The number of hydrogen-bond donors (Lipinski definition) is 1. The summed E-state index contributed by atoms with van der Waals surface area (Å²) in [6, 6.07) is 30.2. The highest BCUT2D eigenvalue weighted by Gasteiger charge is 2.34. The van der Waals surface area contributed by atoms with Crippen molar-refractivity contribution < 1.29 is 9.47 Å². The van der Waals surface area contributed by atoms with Gasteiger partial charge in [-0.05, 0) is 39.0 Å². The van der Waals surface area contributed by atoms with Gasteiger partial charge in [0.05, 0.1) is 31.5 Å². The van der Waals surface area contributed by atoms with Gasteiger partial charge in [0.15, 0.2) is 0 Å². The molecule has 2 fully saturated rings. The summed E-state index contributed by atoms with van der Waals surface area (Å²) in [6.45, 7) is 5.53. The number of hydrogen-bond acceptors (Lipinski definition) is 6. The second-order valence-corrected chi connectivity index (χ2v) is 10.9. The summed E-state index contributed by atoms with van der Waals surface area (Å²) in [4.78, 5) is 7.09. The van der Waals surface area contributed by atoms with Crippen molar-refractivity contribution in [3.63, 3.8) is 0 Å². The predicted octanol–water partition coefficient (Wildman–Crippen LogP) is 7.03. The lowest BCUT2D eigenvalue weighted by atomic mass is 9.94. The number of alkyl halides is 1. The Balaban J connectivity index is 0.000000205. The fourth-order valence-corrected chi connectivity index (χ4v) is 5.49. The second kappa shape index (κ2) is 15.7. The number of likely N-dealkylation sites (tertiary alicyclic amines) is 1. The summed E-state index contributed by atoms with van der Waals surface area (Å²) in [5.41, 5.74) is 2.70. The second-order valence-electron chi connectivity index (χ2n) is 8.86. The maximum absolute atomic E-state index is 6.04. The zero-order valence-corrected chi connectivity index (χ0v) is 25.0. The van der Waals surface area contributed by atoms with Gasteiger partial charge in [-0.1, -0.05) is 95.4 Å². The van der Waals surface area contributed by atoms with Crippen LogP contribution >= 0.6 is 45.3 Å². The molecule has 37 heavy (non-hydrogen) atoms. The highest BCUT2D eigenvalue weighted by Crippen LogP contribution is 2.33. The van der Waals surface area contributed by atoms with E-state index in [1.165, 1.54) is 20.9 Å². The number of nitrogens with zero attached hydrogens (tertiary/aromatic N) is 1. The Morgan fingerprint density at radius 1 is 0.730 bits per heavy atom. The molecule has 0 atom stereocenters. The van der Waals surface area contributed by atoms with Crippen LogP contribution in [0.25, 0.3) is 0 Å². The molecule has 196 valence electrons.